The number of amides is 1. The van der Waals surface area contributed by atoms with Gasteiger partial charge in [0.15, 0.2) is 16.6 Å². The first kappa shape index (κ1) is 36.0. The van der Waals surface area contributed by atoms with Crippen LogP contribution in [0.4, 0.5) is 0 Å². The molecule has 7 atom stereocenters. The summed E-state index contributed by atoms with van der Waals surface area (Å²) in [5, 5.41) is 3.85. The Hall–Kier alpha value is -0.436. The summed E-state index contributed by atoms with van der Waals surface area (Å²) in [7, 11) is -3.75. The van der Waals surface area contributed by atoms with Gasteiger partial charge in [0.1, 0.15) is 0 Å². The van der Waals surface area contributed by atoms with Crippen LogP contribution in [-0.2, 0) is 13.6 Å². The molecule has 3 rings (SSSR count). The summed E-state index contributed by atoms with van der Waals surface area (Å²) in [6.07, 6.45) is 15.0. The summed E-state index contributed by atoms with van der Waals surface area (Å²) in [6.45, 7) is 32.7. The first-order valence-electron chi connectivity index (χ1n) is 17.4. The van der Waals surface area contributed by atoms with E-state index >= 15 is 0 Å². The van der Waals surface area contributed by atoms with Crippen molar-refractivity contribution in [2.45, 2.75) is 162 Å². The molecule has 0 aliphatic heterocycles. The van der Waals surface area contributed by atoms with E-state index in [0.717, 1.165) is 45.3 Å². The van der Waals surface area contributed by atoms with Crippen molar-refractivity contribution in [2.75, 3.05) is 13.2 Å². The van der Waals surface area contributed by atoms with Gasteiger partial charge in [-0.25, -0.2) is 0 Å². The Labute approximate surface area is 263 Å². The average Bonchev–Trinajstić information content (AvgIpc) is 3.26. The van der Waals surface area contributed by atoms with E-state index in [2.05, 4.69) is 106 Å². The third kappa shape index (κ3) is 7.85. The molecular weight excluding hydrogens is 551 g/mol. The zero-order valence-corrected chi connectivity index (χ0v) is 32.0. The summed E-state index contributed by atoms with van der Waals surface area (Å²) in [6, 6.07) is 0. The van der Waals surface area contributed by atoms with Gasteiger partial charge in [0.05, 0.1) is 0 Å². The second-order valence-electron chi connectivity index (χ2n) is 18.0. The van der Waals surface area contributed by atoms with Crippen molar-refractivity contribution in [3.05, 3.63) is 12.2 Å². The third-order valence-electron chi connectivity index (χ3n) is 13.1. The van der Waals surface area contributed by atoms with Crippen molar-refractivity contribution in [1.82, 2.24) is 5.32 Å². The number of unbranched alkanes of at least 4 members (excludes halogenated alkanes) is 1. The molecule has 2 saturated carbocycles. The molecule has 0 radical (unpaired) electrons. The Morgan fingerprint density at radius 2 is 1.60 bits per heavy atom. The number of hydrogen-bond donors (Lipinski definition) is 1. The fraction of sp³-hybridized carbons (Fsp3) is 0.917. The minimum atomic E-state index is -1.89. The zero-order chi connectivity index (χ0) is 31.8. The molecule has 42 heavy (non-hydrogen) atoms. The number of rotatable bonds is 11. The van der Waals surface area contributed by atoms with Crippen LogP contribution in [0.15, 0.2) is 12.2 Å². The van der Waals surface area contributed by atoms with E-state index in [-0.39, 0.29) is 26.8 Å². The minimum Gasteiger partial charge on any atom is -0.417 e. The average molecular weight is 620 g/mol. The zero-order valence-electron chi connectivity index (χ0n) is 30.0. The molecule has 6 heteroatoms. The topological polar surface area (TPSA) is 47.6 Å². The van der Waals surface area contributed by atoms with Crippen LogP contribution in [0.1, 0.15) is 120 Å². The van der Waals surface area contributed by atoms with Gasteiger partial charge < -0.3 is 14.2 Å². The lowest BCUT2D eigenvalue weighted by Crippen LogP contribution is -2.55. The van der Waals surface area contributed by atoms with E-state index in [4.69, 9.17) is 8.85 Å². The summed E-state index contributed by atoms with van der Waals surface area (Å²) in [5.74, 6) is 2.41. The SMILES string of the molecule is CCCCC(=O)NC[C@@H]1[C@@H]([C@@]2(C)CC[C@H](O[Si](C)(C)C(C)(C)C)C[C@@H]2CO[Si](C)(C)C(C)(C)C)CC[C@]2(C)C=CC[C@@H]12. The lowest BCUT2D eigenvalue weighted by atomic mass is 9.49. The molecule has 2 fully saturated rings. The number of carbonyl (C=O) groups is 1. The number of hydrogen-bond acceptors (Lipinski definition) is 3. The van der Waals surface area contributed by atoms with Gasteiger partial charge in [-0.1, -0.05) is 80.9 Å². The van der Waals surface area contributed by atoms with E-state index in [1.54, 1.807) is 0 Å². The van der Waals surface area contributed by atoms with Gasteiger partial charge in [-0.05, 0) is 116 Å². The van der Waals surface area contributed by atoms with Crippen molar-refractivity contribution >= 4 is 22.5 Å². The van der Waals surface area contributed by atoms with Gasteiger partial charge in [0, 0.05) is 25.7 Å². The molecule has 244 valence electrons. The largest absolute Gasteiger partial charge is 0.417 e. The fourth-order valence-electron chi connectivity index (χ4n) is 7.88. The van der Waals surface area contributed by atoms with Gasteiger partial charge in [0.2, 0.25) is 5.91 Å². The lowest BCUT2D eigenvalue weighted by molar-refractivity contribution is -0.123. The van der Waals surface area contributed by atoms with Crippen LogP contribution in [-0.4, -0.2) is 41.8 Å². The Kier molecular flexibility index (Phi) is 11.3. The molecule has 0 spiro atoms. The molecule has 4 nitrogen and oxygen atoms in total. The van der Waals surface area contributed by atoms with Crippen LogP contribution in [0.2, 0.25) is 36.3 Å². The van der Waals surface area contributed by atoms with E-state index in [9.17, 15) is 4.79 Å². The smallest absolute Gasteiger partial charge is 0.220 e. The van der Waals surface area contributed by atoms with Crippen LogP contribution in [0.3, 0.4) is 0 Å². The normalized spacial score (nSPS) is 34.4. The molecule has 3 aliphatic rings. The molecule has 3 aliphatic carbocycles. The van der Waals surface area contributed by atoms with E-state index in [0.29, 0.717) is 36.2 Å². The van der Waals surface area contributed by atoms with Crippen molar-refractivity contribution in [3.63, 3.8) is 0 Å². The molecule has 0 saturated heterocycles. The van der Waals surface area contributed by atoms with Crippen LogP contribution in [0.25, 0.3) is 0 Å². The predicted molar refractivity (Wildman–Crippen MR) is 185 cm³/mol. The molecule has 0 aromatic heterocycles. The van der Waals surface area contributed by atoms with Crippen molar-refractivity contribution in [2.24, 2.45) is 34.5 Å². The van der Waals surface area contributed by atoms with Gasteiger partial charge in [-0.3, -0.25) is 4.79 Å². The van der Waals surface area contributed by atoms with Gasteiger partial charge >= 0.3 is 0 Å². The maximum atomic E-state index is 12.9. The Morgan fingerprint density at radius 1 is 0.952 bits per heavy atom. The summed E-state index contributed by atoms with van der Waals surface area (Å²) >= 11 is 0. The monoisotopic (exact) mass is 619 g/mol. The van der Waals surface area contributed by atoms with Crippen LogP contribution in [0.5, 0.6) is 0 Å². The van der Waals surface area contributed by atoms with Gasteiger partial charge in [-0.2, -0.15) is 0 Å². The van der Waals surface area contributed by atoms with Crippen molar-refractivity contribution in [3.8, 4) is 0 Å². The first-order chi connectivity index (χ1) is 19.2. The summed E-state index contributed by atoms with van der Waals surface area (Å²) in [4.78, 5) is 12.9. The van der Waals surface area contributed by atoms with Crippen LogP contribution in [0, 0.1) is 34.5 Å². The highest BCUT2D eigenvalue weighted by atomic mass is 28.4. The maximum absolute atomic E-state index is 12.9. The molecule has 0 aromatic carbocycles. The third-order valence-corrected chi connectivity index (χ3v) is 22.1. The highest BCUT2D eigenvalue weighted by molar-refractivity contribution is 6.74. The van der Waals surface area contributed by atoms with E-state index < -0.39 is 16.6 Å². The predicted octanol–water partition coefficient (Wildman–Crippen LogP) is 10.1. The van der Waals surface area contributed by atoms with Crippen molar-refractivity contribution in [1.29, 1.82) is 0 Å². The molecule has 0 aromatic rings. The minimum absolute atomic E-state index is 0.179. The Morgan fingerprint density at radius 3 is 2.19 bits per heavy atom. The standard InChI is InChI=1S/C36H69NO3Si2/c1-14-15-18-32(38)37-25-29-30-17-16-21-35(30,8)22-20-31(29)36(9)23-19-28(40-42(12,13)34(5,6)7)24-27(36)26-39-41(10,11)33(2,3)4/h16,21,27-31H,14-15,17-20,22-26H2,1-13H3,(H,37,38)/t27-,28+,29+,30+,31+,35+,36+/m1/s1. The quantitative estimate of drug-likeness (QED) is 0.185. The highest BCUT2D eigenvalue weighted by Crippen LogP contribution is 2.61. The number of carbonyl (C=O) groups excluding carboxylic acids is 1. The second kappa shape index (κ2) is 13.1. The first-order valence-corrected chi connectivity index (χ1v) is 23.2. The highest BCUT2D eigenvalue weighted by Gasteiger charge is 2.56. The molecule has 1 amide bonds. The summed E-state index contributed by atoms with van der Waals surface area (Å²) < 4.78 is 14.2. The van der Waals surface area contributed by atoms with Gasteiger partial charge in [-0.15, -0.1) is 0 Å². The number of nitrogens with one attached hydrogen (secondary N) is 1. The Balaban J connectivity index is 1.92. The van der Waals surface area contributed by atoms with Crippen molar-refractivity contribution < 1.29 is 13.6 Å². The van der Waals surface area contributed by atoms with E-state index in [1.807, 2.05) is 0 Å². The van der Waals surface area contributed by atoms with Crippen LogP contribution >= 0.6 is 0 Å². The van der Waals surface area contributed by atoms with E-state index in [1.165, 1.54) is 19.3 Å². The Bertz CT molecular complexity index is 948. The maximum Gasteiger partial charge on any atom is 0.220 e. The fourth-order valence-corrected chi connectivity index (χ4v) is 10.3. The number of fused-ring (bicyclic) bond motifs is 1. The molecule has 0 unspecified atom stereocenters. The number of allylic oxidation sites excluding steroid dienone is 2. The molecule has 0 bridgehead atoms. The second-order valence-corrected chi connectivity index (χ2v) is 27.6. The molecule has 0 heterocycles. The van der Waals surface area contributed by atoms with Crippen LogP contribution < -0.4 is 5.32 Å². The van der Waals surface area contributed by atoms with Gasteiger partial charge in [0.25, 0.3) is 0 Å². The summed E-state index contributed by atoms with van der Waals surface area (Å²) in [5.41, 5.74) is 0.444. The molecular formula is C36H69NO3Si2. The lowest BCUT2D eigenvalue weighted by Gasteiger charge is -2.57. The molecule has 1 N–H and O–H groups in total.